The number of H-pyrrole nitrogens is 1. The lowest BCUT2D eigenvalue weighted by atomic mass is 10.1. The smallest absolute Gasteiger partial charge is 0.296 e. The molecule has 0 spiro atoms. The van der Waals surface area contributed by atoms with E-state index in [1.54, 1.807) is 39.4 Å². The second-order valence-corrected chi connectivity index (χ2v) is 7.60. The molecule has 2 heterocycles. The Kier molecular flexibility index (Phi) is 7.31. The lowest BCUT2D eigenvalue weighted by molar-refractivity contribution is -0.115. The second-order valence-electron chi connectivity index (χ2n) is 7.60. The van der Waals surface area contributed by atoms with E-state index in [0.717, 1.165) is 10.9 Å². The van der Waals surface area contributed by atoms with Crippen LogP contribution < -0.4 is 26.0 Å². The normalized spacial score (nSPS) is 10.2. The van der Waals surface area contributed by atoms with Crippen molar-refractivity contribution < 1.29 is 14.3 Å². The minimum absolute atomic E-state index is 0.210. The van der Waals surface area contributed by atoms with Crippen LogP contribution in [0.3, 0.4) is 0 Å². The van der Waals surface area contributed by atoms with Crippen LogP contribution in [0.4, 0.5) is 23.1 Å². The number of nitrogens with zero attached hydrogens (tertiary/aromatic N) is 2. The Labute approximate surface area is 207 Å². The number of aromatic nitrogens is 3. The van der Waals surface area contributed by atoms with Crippen LogP contribution in [0.5, 0.6) is 5.75 Å². The Morgan fingerprint density at radius 1 is 1.06 bits per heavy atom. The summed E-state index contributed by atoms with van der Waals surface area (Å²) in [6.45, 7) is 1.92. The molecule has 0 atom stereocenters. The van der Waals surface area contributed by atoms with Gasteiger partial charge in [-0.25, -0.2) is 0 Å². The van der Waals surface area contributed by atoms with Crippen molar-refractivity contribution in [2.24, 2.45) is 0 Å². The fourth-order valence-corrected chi connectivity index (χ4v) is 3.55. The molecule has 0 saturated carbocycles. The maximum absolute atomic E-state index is 12.3. The molecule has 5 N–H and O–H groups in total. The van der Waals surface area contributed by atoms with Crippen molar-refractivity contribution in [2.75, 3.05) is 24.8 Å². The fraction of sp³-hybridized carbons (Fsp3) is 0.154. The molecule has 10 heteroatoms. The highest BCUT2D eigenvalue weighted by atomic mass is 16.5. The number of amides is 2. The van der Waals surface area contributed by atoms with Crippen molar-refractivity contribution in [2.45, 2.75) is 13.5 Å². The molecular formula is C26H25N7O3. The summed E-state index contributed by atoms with van der Waals surface area (Å²) >= 11 is 0. The number of carbonyl (C=O) groups is 2. The molecule has 0 aliphatic carbocycles. The summed E-state index contributed by atoms with van der Waals surface area (Å²) in [5, 5.41) is 12.6. The third kappa shape index (κ3) is 5.37. The van der Waals surface area contributed by atoms with E-state index in [-0.39, 0.29) is 11.8 Å². The van der Waals surface area contributed by atoms with Crippen molar-refractivity contribution in [3.05, 3.63) is 65.9 Å². The number of hydrogen-bond acceptors (Lipinski definition) is 7. The monoisotopic (exact) mass is 483 g/mol. The van der Waals surface area contributed by atoms with Gasteiger partial charge in [-0.3, -0.25) is 9.59 Å². The molecule has 0 aliphatic rings. The highest BCUT2D eigenvalue weighted by Crippen LogP contribution is 2.31. The van der Waals surface area contributed by atoms with E-state index in [4.69, 9.17) is 4.74 Å². The van der Waals surface area contributed by atoms with Gasteiger partial charge in [0.05, 0.1) is 29.4 Å². The minimum Gasteiger partial charge on any atom is -0.495 e. The number of rotatable bonds is 8. The number of carbonyl (C=O) groups excluding carboxylic acids is 2. The topological polar surface area (TPSA) is 133 Å². The van der Waals surface area contributed by atoms with Crippen molar-refractivity contribution in [3.63, 3.8) is 0 Å². The predicted molar refractivity (Wildman–Crippen MR) is 139 cm³/mol. The quantitative estimate of drug-likeness (QED) is 0.242. The maximum Gasteiger partial charge on any atom is 0.296 e. The zero-order valence-electron chi connectivity index (χ0n) is 20.0. The molecule has 4 rings (SSSR count). The fourth-order valence-electron chi connectivity index (χ4n) is 3.55. The molecule has 182 valence electrons. The van der Waals surface area contributed by atoms with Gasteiger partial charge in [0.15, 0.2) is 0 Å². The number of anilines is 4. The Balaban J connectivity index is 1.62. The van der Waals surface area contributed by atoms with Crippen LogP contribution in [0.15, 0.2) is 54.7 Å². The highest BCUT2D eigenvalue weighted by molar-refractivity contribution is 6.01. The van der Waals surface area contributed by atoms with E-state index in [2.05, 4.69) is 48.1 Å². The van der Waals surface area contributed by atoms with Crippen molar-refractivity contribution in [1.29, 1.82) is 0 Å². The van der Waals surface area contributed by atoms with Gasteiger partial charge in [-0.2, -0.15) is 9.97 Å². The zero-order chi connectivity index (χ0) is 25.5. The molecule has 0 bridgehead atoms. The summed E-state index contributed by atoms with van der Waals surface area (Å²) in [5.74, 6) is 5.86. The molecule has 0 saturated heterocycles. The lowest BCUT2D eigenvalue weighted by Gasteiger charge is -2.14. The number of fused-ring (bicyclic) bond motifs is 1. The van der Waals surface area contributed by atoms with E-state index in [1.807, 2.05) is 36.4 Å². The SMILES string of the molecule is CC#CC(=O)NCc1ccc(Nc2nc(Nc3ccccc3C(=O)NC)c3cc[nH]c3n2)c(OC)c1. The molecule has 0 radical (unpaired) electrons. The van der Waals surface area contributed by atoms with Crippen molar-refractivity contribution >= 4 is 46.0 Å². The van der Waals surface area contributed by atoms with Gasteiger partial charge in [-0.15, -0.1) is 0 Å². The van der Waals surface area contributed by atoms with Gasteiger partial charge in [-0.05, 0) is 48.7 Å². The first-order valence-electron chi connectivity index (χ1n) is 11.1. The Morgan fingerprint density at radius 2 is 1.89 bits per heavy atom. The number of nitrogens with one attached hydrogen (secondary N) is 5. The number of hydrogen-bond donors (Lipinski definition) is 5. The molecule has 0 aliphatic heterocycles. The molecule has 36 heavy (non-hydrogen) atoms. The third-order valence-corrected chi connectivity index (χ3v) is 5.27. The molecule has 10 nitrogen and oxygen atoms in total. The summed E-state index contributed by atoms with van der Waals surface area (Å²) in [7, 11) is 3.14. The summed E-state index contributed by atoms with van der Waals surface area (Å²) in [4.78, 5) is 36.3. The third-order valence-electron chi connectivity index (χ3n) is 5.27. The van der Waals surface area contributed by atoms with Crippen LogP contribution in [-0.2, 0) is 11.3 Å². The molecule has 2 aromatic heterocycles. The van der Waals surface area contributed by atoms with Gasteiger partial charge in [-0.1, -0.05) is 24.1 Å². The van der Waals surface area contributed by atoms with Crippen LogP contribution in [0, 0.1) is 11.8 Å². The summed E-state index contributed by atoms with van der Waals surface area (Å²) < 4.78 is 5.54. The van der Waals surface area contributed by atoms with Crippen molar-refractivity contribution in [3.8, 4) is 17.6 Å². The lowest BCUT2D eigenvalue weighted by Crippen LogP contribution is -2.20. The van der Waals surface area contributed by atoms with Crippen LogP contribution in [0.25, 0.3) is 11.0 Å². The van der Waals surface area contributed by atoms with Gasteiger partial charge in [0.2, 0.25) is 5.95 Å². The van der Waals surface area contributed by atoms with Crippen LogP contribution >= 0.6 is 0 Å². The Hall–Kier alpha value is -5.04. The second kappa shape index (κ2) is 10.9. The number of para-hydroxylation sites is 1. The molecule has 0 unspecified atom stereocenters. The average Bonchev–Trinajstić information content (AvgIpc) is 3.37. The van der Waals surface area contributed by atoms with Crippen molar-refractivity contribution in [1.82, 2.24) is 25.6 Å². The van der Waals surface area contributed by atoms with Gasteiger partial charge in [0.1, 0.15) is 17.2 Å². The van der Waals surface area contributed by atoms with Gasteiger partial charge < -0.3 is 31.0 Å². The molecular weight excluding hydrogens is 458 g/mol. The van der Waals surface area contributed by atoms with Crippen LogP contribution in [0.2, 0.25) is 0 Å². The van der Waals surface area contributed by atoms with E-state index < -0.39 is 0 Å². The highest BCUT2D eigenvalue weighted by Gasteiger charge is 2.15. The summed E-state index contributed by atoms with van der Waals surface area (Å²) in [6.07, 6.45) is 1.77. The Bertz CT molecular complexity index is 1480. The maximum atomic E-state index is 12.3. The standard InChI is InChI=1S/C26H25N7O3/c1-4-7-22(34)29-15-16-10-11-20(21(14-16)36-3)31-26-32-23-18(12-13-28-23)24(33-26)30-19-9-6-5-8-17(19)25(35)27-2/h5-6,8-14H,15H2,1-3H3,(H,27,35)(H,29,34)(H3,28,30,31,32,33). The minimum atomic E-state index is -0.343. The summed E-state index contributed by atoms with van der Waals surface area (Å²) in [6, 6.07) is 14.5. The number of aromatic amines is 1. The first-order chi connectivity index (χ1) is 17.5. The molecule has 2 aromatic carbocycles. The van der Waals surface area contributed by atoms with Gasteiger partial charge >= 0.3 is 0 Å². The van der Waals surface area contributed by atoms with E-state index in [9.17, 15) is 9.59 Å². The number of benzene rings is 2. The van der Waals surface area contributed by atoms with E-state index >= 15 is 0 Å². The van der Waals surface area contributed by atoms with Gasteiger partial charge in [0.25, 0.3) is 11.8 Å². The van der Waals surface area contributed by atoms with E-state index in [0.29, 0.717) is 46.6 Å². The van der Waals surface area contributed by atoms with Crippen LogP contribution in [0.1, 0.15) is 22.8 Å². The molecule has 4 aromatic rings. The number of methoxy groups -OCH3 is 1. The molecule has 0 fully saturated rings. The first kappa shape index (κ1) is 24.1. The summed E-state index contributed by atoms with van der Waals surface area (Å²) in [5.41, 5.74) is 3.20. The first-order valence-corrected chi connectivity index (χ1v) is 11.1. The molecule has 2 amide bonds. The average molecular weight is 484 g/mol. The van der Waals surface area contributed by atoms with Gasteiger partial charge in [0, 0.05) is 19.8 Å². The van der Waals surface area contributed by atoms with Crippen LogP contribution in [-0.4, -0.2) is 40.9 Å². The Morgan fingerprint density at radius 3 is 2.67 bits per heavy atom. The zero-order valence-corrected chi connectivity index (χ0v) is 20.0. The number of ether oxygens (including phenoxy) is 1. The predicted octanol–water partition coefficient (Wildman–Crippen LogP) is 3.45. The van der Waals surface area contributed by atoms with E-state index in [1.165, 1.54) is 0 Å². The largest absolute Gasteiger partial charge is 0.495 e.